The van der Waals surface area contributed by atoms with Crippen LogP contribution in [0.25, 0.3) is 11.1 Å². The van der Waals surface area contributed by atoms with Crippen molar-refractivity contribution in [3.8, 4) is 29.0 Å². The first-order valence-electron chi connectivity index (χ1n) is 7.98. The molecule has 3 N–H and O–H groups in total. The smallest absolute Gasteiger partial charge is 0.268 e. The summed E-state index contributed by atoms with van der Waals surface area (Å²) in [5.74, 6) is -3.00. The van der Waals surface area contributed by atoms with Gasteiger partial charge in [0.25, 0.3) is 5.56 Å². The molecule has 0 unspecified atom stereocenters. The Morgan fingerprint density at radius 3 is 2.21 bits per heavy atom. The molecule has 0 aliphatic carbocycles. The zero-order chi connectivity index (χ0) is 20.3. The Kier molecular flexibility index (Phi) is 5.05. The molecule has 3 rings (SSSR count). The molecule has 0 spiro atoms. The topological polar surface area (TPSA) is 116 Å². The van der Waals surface area contributed by atoms with Crippen LogP contribution in [0.1, 0.15) is 16.7 Å². The van der Waals surface area contributed by atoms with E-state index < -0.39 is 28.5 Å². The number of benzene rings is 2. The number of nitriles is 2. The fraction of sp³-hybridized carbons (Fsp3) is 0.0500. The Morgan fingerprint density at radius 2 is 1.64 bits per heavy atom. The molecule has 0 radical (unpaired) electrons. The third-order valence-corrected chi connectivity index (χ3v) is 3.98. The molecule has 3 aromatic rings. The lowest BCUT2D eigenvalue weighted by Crippen LogP contribution is -2.16. The van der Waals surface area contributed by atoms with Crippen molar-refractivity contribution in [1.29, 1.82) is 10.5 Å². The standard InChI is InChI=1S/C20H12F2N4O2/c21-15-6-12(17-13(8-23)19(25)26-20(27)14(17)9-24)7-16(22)18(15)28-10-11-4-2-1-3-5-11/h1-7H,10H2,(H3,25,26,27). The molecule has 0 aliphatic heterocycles. The molecule has 1 heterocycles. The van der Waals surface area contributed by atoms with Crippen molar-refractivity contribution in [2.45, 2.75) is 6.61 Å². The number of nitrogens with zero attached hydrogens (tertiary/aromatic N) is 2. The van der Waals surface area contributed by atoms with Gasteiger partial charge in [-0.25, -0.2) is 8.78 Å². The minimum Gasteiger partial charge on any atom is -0.483 e. The summed E-state index contributed by atoms with van der Waals surface area (Å²) in [7, 11) is 0. The monoisotopic (exact) mass is 378 g/mol. The van der Waals surface area contributed by atoms with Crippen LogP contribution in [0, 0.1) is 34.3 Å². The molecule has 6 nitrogen and oxygen atoms in total. The van der Waals surface area contributed by atoms with Crippen molar-refractivity contribution in [3.05, 3.63) is 81.1 Å². The lowest BCUT2D eigenvalue weighted by atomic mass is 9.96. The Morgan fingerprint density at radius 1 is 1.04 bits per heavy atom. The summed E-state index contributed by atoms with van der Waals surface area (Å²) in [5, 5.41) is 18.5. The van der Waals surface area contributed by atoms with Crippen LogP contribution in [0.3, 0.4) is 0 Å². The molecule has 0 amide bonds. The SMILES string of the molecule is N#Cc1c(N)[nH]c(=O)c(C#N)c1-c1cc(F)c(OCc2ccccc2)c(F)c1. The first-order chi connectivity index (χ1) is 13.5. The largest absolute Gasteiger partial charge is 0.483 e. The van der Waals surface area contributed by atoms with Gasteiger partial charge in [0.05, 0.1) is 0 Å². The van der Waals surface area contributed by atoms with Gasteiger partial charge in [-0.05, 0) is 23.3 Å². The van der Waals surface area contributed by atoms with Crippen molar-refractivity contribution in [2.24, 2.45) is 0 Å². The summed E-state index contributed by atoms with van der Waals surface area (Å²) in [6, 6.07) is 14.0. The number of nitrogens with two attached hydrogens (primary N) is 1. The molecule has 0 bridgehead atoms. The number of ether oxygens (including phenoxy) is 1. The van der Waals surface area contributed by atoms with Gasteiger partial charge in [-0.3, -0.25) is 4.79 Å². The molecule has 138 valence electrons. The van der Waals surface area contributed by atoms with E-state index in [1.807, 2.05) is 0 Å². The minimum atomic E-state index is -1.04. The molecule has 2 aromatic carbocycles. The zero-order valence-electron chi connectivity index (χ0n) is 14.3. The molecule has 1 aromatic heterocycles. The highest BCUT2D eigenvalue weighted by atomic mass is 19.1. The van der Waals surface area contributed by atoms with E-state index in [1.54, 1.807) is 42.5 Å². The minimum absolute atomic E-state index is 0.0567. The number of hydrogen-bond acceptors (Lipinski definition) is 5. The van der Waals surface area contributed by atoms with Crippen LogP contribution in [0.4, 0.5) is 14.6 Å². The molecule has 0 atom stereocenters. The van der Waals surface area contributed by atoms with Gasteiger partial charge in [0.1, 0.15) is 35.7 Å². The highest BCUT2D eigenvalue weighted by Gasteiger charge is 2.21. The predicted octanol–water partition coefficient (Wildman–Crippen LogP) is 3.22. The molecular weight excluding hydrogens is 366 g/mol. The van der Waals surface area contributed by atoms with Crippen LogP contribution >= 0.6 is 0 Å². The van der Waals surface area contributed by atoms with Gasteiger partial charge in [-0.15, -0.1) is 0 Å². The average molecular weight is 378 g/mol. The zero-order valence-corrected chi connectivity index (χ0v) is 14.3. The quantitative estimate of drug-likeness (QED) is 0.723. The fourth-order valence-corrected chi connectivity index (χ4v) is 2.70. The average Bonchev–Trinajstić information content (AvgIpc) is 2.67. The first-order valence-corrected chi connectivity index (χ1v) is 7.98. The molecular formula is C20H12F2N4O2. The van der Waals surface area contributed by atoms with E-state index in [4.69, 9.17) is 10.5 Å². The van der Waals surface area contributed by atoms with Crippen LogP contribution in [0.5, 0.6) is 5.75 Å². The van der Waals surface area contributed by atoms with Crippen molar-refractivity contribution in [3.63, 3.8) is 0 Å². The molecule has 0 aliphatic rings. The Balaban J connectivity index is 2.08. The van der Waals surface area contributed by atoms with E-state index in [9.17, 15) is 24.1 Å². The number of halogens is 2. The number of rotatable bonds is 4. The molecule has 0 fully saturated rings. The highest BCUT2D eigenvalue weighted by molar-refractivity contribution is 5.80. The normalized spacial score (nSPS) is 10.1. The number of H-pyrrole nitrogens is 1. The number of nitrogen functional groups attached to an aromatic ring is 1. The van der Waals surface area contributed by atoms with Gasteiger partial charge in [0.15, 0.2) is 17.4 Å². The van der Waals surface area contributed by atoms with E-state index in [1.165, 1.54) is 0 Å². The lowest BCUT2D eigenvalue weighted by molar-refractivity contribution is 0.274. The van der Waals surface area contributed by atoms with E-state index in [2.05, 4.69) is 4.98 Å². The summed E-state index contributed by atoms with van der Waals surface area (Å²) in [6.45, 7) is -0.0567. The van der Waals surface area contributed by atoms with Crippen molar-refractivity contribution < 1.29 is 13.5 Å². The number of anilines is 1. The van der Waals surface area contributed by atoms with Crippen molar-refractivity contribution in [2.75, 3.05) is 5.73 Å². The second-order valence-electron chi connectivity index (χ2n) is 5.76. The maximum Gasteiger partial charge on any atom is 0.268 e. The Bertz CT molecular complexity index is 1170. The maximum absolute atomic E-state index is 14.5. The highest BCUT2D eigenvalue weighted by Crippen LogP contribution is 2.33. The van der Waals surface area contributed by atoms with Crippen LogP contribution in [-0.2, 0) is 6.61 Å². The molecule has 0 saturated carbocycles. The third kappa shape index (κ3) is 3.39. The van der Waals surface area contributed by atoms with Gasteiger partial charge in [-0.1, -0.05) is 30.3 Å². The van der Waals surface area contributed by atoms with Crippen LogP contribution in [0.2, 0.25) is 0 Å². The maximum atomic E-state index is 14.5. The van der Waals surface area contributed by atoms with Crippen LogP contribution < -0.4 is 16.0 Å². The van der Waals surface area contributed by atoms with Gasteiger partial charge in [0, 0.05) is 5.56 Å². The fourth-order valence-electron chi connectivity index (χ4n) is 2.70. The second-order valence-corrected chi connectivity index (χ2v) is 5.76. The van der Waals surface area contributed by atoms with E-state index >= 15 is 0 Å². The Labute approximate surface area is 158 Å². The van der Waals surface area contributed by atoms with E-state index in [-0.39, 0.29) is 29.1 Å². The number of aromatic nitrogens is 1. The third-order valence-electron chi connectivity index (χ3n) is 3.98. The van der Waals surface area contributed by atoms with Crippen LogP contribution in [0.15, 0.2) is 47.3 Å². The summed E-state index contributed by atoms with van der Waals surface area (Å²) in [5.41, 5.74) is 4.33. The summed E-state index contributed by atoms with van der Waals surface area (Å²) >= 11 is 0. The van der Waals surface area contributed by atoms with Gasteiger partial charge in [0.2, 0.25) is 0 Å². The number of pyridine rings is 1. The number of nitrogens with one attached hydrogen (secondary N) is 1. The first kappa shape index (κ1) is 18.6. The van der Waals surface area contributed by atoms with Gasteiger partial charge in [-0.2, -0.15) is 10.5 Å². The summed E-state index contributed by atoms with van der Waals surface area (Å²) in [4.78, 5) is 14.1. The number of aromatic amines is 1. The predicted molar refractivity (Wildman–Crippen MR) is 97.0 cm³/mol. The second kappa shape index (κ2) is 7.60. The summed E-state index contributed by atoms with van der Waals surface area (Å²) < 4.78 is 34.3. The lowest BCUT2D eigenvalue weighted by Gasteiger charge is -2.12. The van der Waals surface area contributed by atoms with Gasteiger partial charge >= 0.3 is 0 Å². The van der Waals surface area contributed by atoms with Crippen molar-refractivity contribution >= 4 is 5.82 Å². The molecule has 8 heteroatoms. The summed E-state index contributed by atoms with van der Waals surface area (Å²) in [6.07, 6.45) is 0. The van der Waals surface area contributed by atoms with E-state index in [0.717, 1.165) is 12.1 Å². The number of hydrogen-bond donors (Lipinski definition) is 2. The molecule has 28 heavy (non-hydrogen) atoms. The van der Waals surface area contributed by atoms with Crippen molar-refractivity contribution in [1.82, 2.24) is 4.98 Å². The van der Waals surface area contributed by atoms with Gasteiger partial charge < -0.3 is 15.5 Å². The van der Waals surface area contributed by atoms with E-state index in [0.29, 0.717) is 5.56 Å². The molecule has 0 saturated heterocycles. The Hall–Kier alpha value is -4.17. The van der Waals surface area contributed by atoms with Crippen LogP contribution in [-0.4, -0.2) is 4.98 Å².